The van der Waals surface area contributed by atoms with Gasteiger partial charge in [-0.2, -0.15) is 0 Å². The molecule has 0 aliphatic carbocycles. The lowest BCUT2D eigenvalue weighted by Crippen LogP contribution is -2.23. The van der Waals surface area contributed by atoms with Gasteiger partial charge in [-0.1, -0.05) is 0 Å². The Balaban J connectivity index is 0. The molecule has 0 aliphatic rings. The van der Waals surface area contributed by atoms with E-state index >= 15 is 0 Å². The minimum Gasteiger partial charge on any atom is -0.303 e. The van der Waals surface area contributed by atoms with Crippen molar-refractivity contribution in [1.82, 2.24) is 4.57 Å². The molecular formula is C5H15N2O8P2+. The zero-order valence-electron chi connectivity index (χ0n) is 9.02. The van der Waals surface area contributed by atoms with E-state index in [4.69, 9.17) is 38.5 Å². The Morgan fingerprint density at radius 2 is 1.29 bits per heavy atom. The average Bonchev–Trinajstić information content (AvgIpc) is 2.26. The van der Waals surface area contributed by atoms with Crippen molar-refractivity contribution in [3.8, 4) is 0 Å². The van der Waals surface area contributed by atoms with E-state index in [-0.39, 0.29) is 0 Å². The topological polar surface area (TPSA) is 164 Å². The van der Waals surface area contributed by atoms with Gasteiger partial charge in [0.25, 0.3) is 0 Å². The van der Waals surface area contributed by atoms with E-state index in [1.165, 1.54) is 0 Å². The van der Waals surface area contributed by atoms with Crippen LogP contribution >= 0.6 is 15.6 Å². The molecule has 10 nitrogen and oxygen atoms in total. The van der Waals surface area contributed by atoms with E-state index in [2.05, 4.69) is 0 Å². The van der Waals surface area contributed by atoms with Crippen LogP contribution in [0.25, 0.3) is 0 Å². The molecule has 0 aromatic carbocycles. The molecular weight excluding hydrogens is 278 g/mol. The van der Waals surface area contributed by atoms with Crippen molar-refractivity contribution in [2.24, 2.45) is 14.1 Å². The Hall–Kier alpha value is -0.570. The van der Waals surface area contributed by atoms with Crippen LogP contribution in [0.5, 0.6) is 0 Å². The smallest absolute Gasteiger partial charge is 0.303 e. The van der Waals surface area contributed by atoms with Crippen LogP contribution in [-0.2, 0) is 23.2 Å². The first-order chi connectivity index (χ1) is 7.29. The number of nitrogens with zero attached hydrogens (tertiary/aromatic N) is 2. The Morgan fingerprint density at radius 1 is 1.00 bits per heavy atom. The quantitative estimate of drug-likeness (QED) is 0.236. The van der Waals surface area contributed by atoms with Gasteiger partial charge in [0.2, 0.25) is 6.33 Å². The number of rotatable bonds is 0. The third kappa shape index (κ3) is 39.2. The molecule has 0 saturated heterocycles. The summed E-state index contributed by atoms with van der Waals surface area (Å²) < 4.78 is 21.8. The molecule has 1 aromatic heterocycles. The van der Waals surface area contributed by atoms with Gasteiger partial charge in [-0.3, -0.25) is 0 Å². The van der Waals surface area contributed by atoms with Crippen molar-refractivity contribution in [3.63, 3.8) is 0 Å². The minimum atomic E-state index is -4.64. The average molecular weight is 293 g/mol. The zero-order valence-corrected chi connectivity index (χ0v) is 10.8. The first-order valence-electron chi connectivity index (χ1n) is 3.83. The molecule has 6 N–H and O–H groups in total. The van der Waals surface area contributed by atoms with Gasteiger partial charge >= 0.3 is 15.6 Å². The van der Waals surface area contributed by atoms with Crippen LogP contribution in [0.3, 0.4) is 0 Å². The Morgan fingerprint density at radius 3 is 1.35 bits per heavy atom. The second kappa shape index (κ2) is 7.70. The highest BCUT2D eigenvalue weighted by molar-refractivity contribution is 7.45. The van der Waals surface area contributed by atoms with Gasteiger partial charge in [0.1, 0.15) is 12.4 Å². The summed E-state index contributed by atoms with van der Waals surface area (Å²) in [6.07, 6.45) is 6.00. The minimum absolute atomic E-state index is 2.00. The first kappa shape index (κ1) is 18.8. The highest BCUT2D eigenvalue weighted by Crippen LogP contribution is 2.26. The second-order valence-electron chi connectivity index (χ2n) is 2.77. The predicted molar refractivity (Wildman–Crippen MR) is 55.1 cm³/mol. The summed E-state index contributed by atoms with van der Waals surface area (Å²) in [6, 6.07) is 0. The van der Waals surface area contributed by atoms with Gasteiger partial charge in [0.05, 0.1) is 14.1 Å². The molecule has 0 fully saturated rings. The molecule has 1 heterocycles. The Kier molecular flexibility index (Phi) is 8.51. The number of hydrogen-bond donors (Lipinski definition) is 6. The summed E-state index contributed by atoms with van der Waals surface area (Å²) in [5, 5.41) is 0. The normalized spacial score (nSPS) is 10.8. The van der Waals surface area contributed by atoms with E-state index < -0.39 is 15.6 Å². The molecule has 0 atom stereocenters. The summed E-state index contributed by atoms with van der Waals surface area (Å²) in [4.78, 5) is 43.1. The van der Waals surface area contributed by atoms with Crippen LogP contribution in [0.4, 0.5) is 0 Å². The van der Waals surface area contributed by atoms with E-state index in [0.717, 1.165) is 0 Å². The van der Waals surface area contributed by atoms with E-state index in [1.807, 2.05) is 42.0 Å². The highest BCUT2D eigenvalue weighted by atomic mass is 31.2. The molecule has 0 spiro atoms. The largest absolute Gasteiger partial charge is 0.466 e. The second-order valence-corrected chi connectivity index (χ2v) is 4.82. The summed E-state index contributed by atoms with van der Waals surface area (Å²) in [5.41, 5.74) is 0. The maximum atomic E-state index is 8.88. The maximum absolute atomic E-state index is 8.88. The number of aromatic nitrogens is 2. The lowest BCUT2D eigenvalue weighted by atomic mass is 10.9. The maximum Gasteiger partial charge on any atom is 0.466 e. The number of phosphoric acid groups is 2. The summed E-state index contributed by atoms with van der Waals surface area (Å²) in [5.74, 6) is 0. The molecule has 0 radical (unpaired) electrons. The van der Waals surface area contributed by atoms with Crippen molar-refractivity contribution >= 4 is 15.6 Å². The Bertz CT molecular complexity index is 353. The summed E-state index contributed by atoms with van der Waals surface area (Å²) in [7, 11) is -5.28. The van der Waals surface area contributed by atoms with Crippen LogP contribution in [0.2, 0.25) is 0 Å². The van der Waals surface area contributed by atoms with Crippen molar-refractivity contribution in [1.29, 1.82) is 0 Å². The van der Waals surface area contributed by atoms with Crippen molar-refractivity contribution in [2.45, 2.75) is 0 Å². The van der Waals surface area contributed by atoms with Crippen molar-refractivity contribution in [3.05, 3.63) is 18.7 Å². The van der Waals surface area contributed by atoms with E-state index in [9.17, 15) is 0 Å². The fourth-order valence-corrected chi connectivity index (χ4v) is 0.575. The number of imidazole rings is 1. The van der Waals surface area contributed by atoms with Gasteiger partial charge < -0.3 is 29.4 Å². The molecule has 102 valence electrons. The molecule has 0 amide bonds. The van der Waals surface area contributed by atoms with Gasteiger partial charge in [-0.25, -0.2) is 18.3 Å². The molecule has 0 bridgehead atoms. The van der Waals surface area contributed by atoms with Crippen LogP contribution < -0.4 is 4.57 Å². The van der Waals surface area contributed by atoms with Gasteiger partial charge in [0, 0.05) is 0 Å². The molecule has 1 rings (SSSR count). The van der Waals surface area contributed by atoms with Crippen molar-refractivity contribution < 1.29 is 43.1 Å². The van der Waals surface area contributed by atoms with E-state index in [1.54, 1.807) is 0 Å². The standard InChI is InChI=1S/C5H9N2.2H3O4P/c1-6-3-4-7(2)5-6;2*1-5(2,3)4/h3-5H,1-2H3;2*(H3,1,2,3,4)/q+1;;. The summed E-state index contributed by atoms with van der Waals surface area (Å²) >= 11 is 0. The number of hydrogen-bond acceptors (Lipinski definition) is 2. The summed E-state index contributed by atoms with van der Waals surface area (Å²) in [6.45, 7) is 0. The van der Waals surface area contributed by atoms with Crippen LogP contribution in [0, 0.1) is 0 Å². The molecule has 1 aromatic rings. The molecule has 12 heteroatoms. The predicted octanol–water partition coefficient (Wildman–Crippen LogP) is -2.01. The third-order valence-electron chi connectivity index (χ3n) is 0.901. The van der Waals surface area contributed by atoms with Gasteiger partial charge in [-0.05, 0) is 0 Å². The third-order valence-corrected chi connectivity index (χ3v) is 0.901. The highest BCUT2D eigenvalue weighted by Gasteiger charge is 2.00. The van der Waals surface area contributed by atoms with Crippen molar-refractivity contribution in [2.75, 3.05) is 0 Å². The molecule has 0 unspecified atom stereocenters. The van der Waals surface area contributed by atoms with Gasteiger partial charge in [-0.15, -0.1) is 0 Å². The monoisotopic (exact) mass is 293 g/mol. The molecule has 0 saturated carbocycles. The van der Waals surface area contributed by atoms with E-state index in [0.29, 0.717) is 0 Å². The van der Waals surface area contributed by atoms with Crippen LogP contribution in [0.15, 0.2) is 18.7 Å². The fraction of sp³-hybridized carbons (Fsp3) is 0.400. The van der Waals surface area contributed by atoms with Gasteiger partial charge in [0.15, 0.2) is 0 Å². The number of aryl methyl sites for hydroxylation is 2. The SMILES string of the molecule is Cn1cc[n+](C)c1.O=P(O)(O)O.O=P(O)(O)O. The lowest BCUT2D eigenvalue weighted by molar-refractivity contribution is -0.670. The lowest BCUT2D eigenvalue weighted by Gasteiger charge is -1.82. The molecule has 17 heavy (non-hydrogen) atoms. The Labute approximate surface area is 96.9 Å². The fourth-order valence-electron chi connectivity index (χ4n) is 0.575. The van der Waals surface area contributed by atoms with Crippen LogP contribution in [0.1, 0.15) is 0 Å². The first-order valence-corrected chi connectivity index (χ1v) is 6.96. The zero-order chi connectivity index (χ0) is 14.3. The molecule has 0 aliphatic heterocycles. The van der Waals surface area contributed by atoms with Crippen LogP contribution in [-0.4, -0.2) is 33.9 Å².